The molecule has 1 aliphatic rings. The summed E-state index contributed by atoms with van der Waals surface area (Å²) in [6, 6.07) is 6.14. The first-order chi connectivity index (χ1) is 9.18. The Labute approximate surface area is 118 Å². The lowest BCUT2D eigenvalue weighted by atomic mass is 9.93. The van der Waals surface area contributed by atoms with Crippen molar-refractivity contribution in [1.82, 2.24) is 10.6 Å². The minimum absolute atomic E-state index is 0.145. The number of hydrogen-bond acceptors (Lipinski definition) is 3. The van der Waals surface area contributed by atoms with Crippen LogP contribution >= 0.6 is 0 Å². The number of nitrogens with one attached hydrogen (secondary N) is 2. The third-order valence-electron chi connectivity index (χ3n) is 3.03. The molecule has 0 bridgehead atoms. The van der Waals surface area contributed by atoms with Crippen LogP contribution in [0.3, 0.4) is 0 Å². The van der Waals surface area contributed by atoms with Gasteiger partial charge in [0.2, 0.25) is 0 Å². The fourth-order valence-corrected chi connectivity index (χ4v) is 2.10. The maximum absolute atomic E-state index is 12.9. The van der Waals surface area contributed by atoms with E-state index in [1.165, 1.54) is 12.1 Å². The van der Waals surface area contributed by atoms with Crippen LogP contribution in [0.25, 0.3) is 0 Å². The number of amides is 1. The van der Waals surface area contributed by atoms with E-state index in [0.29, 0.717) is 12.4 Å². The molecule has 1 amide bonds. The summed E-state index contributed by atoms with van der Waals surface area (Å²) in [6.45, 7) is 7.77. The molecule has 1 aromatic rings. The SMILES string of the molecule is CC(C)(C)NC1=NC(C)(Cc2ccc(F)cc2)C(=O)N1. The Morgan fingerprint density at radius 2 is 1.90 bits per heavy atom. The maximum atomic E-state index is 12.9. The van der Waals surface area contributed by atoms with Crippen molar-refractivity contribution in [2.75, 3.05) is 0 Å². The van der Waals surface area contributed by atoms with Gasteiger partial charge in [-0.3, -0.25) is 10.1 Å². The molecule has 2 rings (SSSR count). The zero-order valence-electron chi connectivity index (χ0n) is 12.2. The highest BCUT2D eigenvalue weighted by Gasteiger charge is 2.39. The van der Waals surface area contributed by atoms with Crippen LogP contribution in [0.1, 0.15) is 33.3 Å². The Hall–Kier alpha value is -1.91. The average Bonchev–Trinajstić information content (AvgIpc) is 2.55. The van der Waals surface area contributed by atoms with E-state index in [4.69, 9.17) is 0 Å². The number of benzene rings is 1. The van der Waals surface area contributed by atoms with Gasteiger partial charge in [-0.25, -0.2) is 9.38 Å². The molecule has 2 N–H and O–H groups in total. The van der Waals surface area contributed by atoms with Gasteiger partial charge in [-0.1, -0.05) is 12.1 Å². The predicted octanol–water partition coefficient (Wildman–Crippen LogP) is 2.00. The molecule has 5 heteroatoms. The quantitative estimate of drug-likeness (QED) is 0.868. The van der Waals surface area contributed by atoms with Gasteiger partial charge in [0.1, 0.15) is 11.4 Å². The highest BCUT2D eigenvalue weighted by molar-refractivity contribution is 6.07. The van der Waals surface area contributed by atoms with Crippen LogP contribution in [0.4, 0.5) is 4.39 Å². The average molecular weight is 277 g/mol. The molecule has 1 unspecified atom stereocenters. The summed E-state index contributed by atoms with van der Waals surface area (Å²) >= 11 is 0. The molecule has 1 aliphatic heterocycles. The molecule has 1 atom stereocenters. The fraction of sp³-hybridized carbons (Fsp3) is 0.467. The van der Waals surface area contributed by atoms with Gasteiger partial charge in [0.25, 0.3) is 5.91 Å². The van der Waals surface area contributed by atoms with Gasteiger partial charge < -0.3 is 5.32 Å². The van der Waals surface area contributed by atoms with E-state index in [1.807, 2.05) is 20.8 Å². The summed E-state index contributed by atoms with van der Waals surface area (Å²) in [4.78, 5) is 16.6. The van der Waals surface area contributed by atoms with Crippen molar-refractivity contribution in [3.8, 4) is 0 Å². The van der Waals surface area contributed by atoms with Crippen LogP contribution in [-0.2, 0) is 11.2 Å². The van der Waals surface area contributed by atoms with Crippen LogP contribution < -0.4 is 10.6 Å². The molecule has 0 saturated carbocycles. The summed E-state index contributed by atoms with van der Waals surface area (Å²) in [5.74, 6) is 0.0639. The second kappa shape index (κ2) is 4.89. The number of guanidine groups is 1. The third-order valence-corrected chi connectivity index (χ3v) is 3.03. The lowest BCUT2D eigenvalue weighted by Crippen LogP contribution is -2.47. The molecule has 0 radical (unpaired) electrons. The molecule has 1 heterocycles. The molecule has 0 fully saturated rings. The molecular weight excluding hydrogens is 257 g/mol. The first-order valence-corrected chi connectivity index (χ1v) is 6.62. The monoisotopic (exact) mass is 277 g/mol. The van der Waals surface area contributed by atoms with Gasteiger partial charge >= 0.3 is 0 Å². The number of aliphatic imine (C=N–C) groups is 1. The summed E-state index contributed by atoms with van der Waals surface area (Å²) in [7, 11) is 0. The molecule has 0 aromatic heterocycles. The van der Waals surface area contributed by atoms with Crippen molar-refractivity contribution in [2.24, 2.45) is 4.99 Å². The number of carbonyl (C=O) groups excluding carboxylic acids is 1. The molecular formula is C15H20FN3O. The van der Waals surface area contributed by atoms with Crippen LogP contribution in [0, 0.1) is 5.82 Å². The Balaban J connectivity index is 2.16. The second-order valence-corrected chi connectivity index (χ2v) is 6.37. The summed E-state index contributed by atoms with van der Waals surface area (Å²) < 4.78 is 12.9. The number of halogens is 1. The summed E-state index contributed by atoms with van der Waals surface area (Å²) in [5, 5.41) is 5.92. The summed E-state index contributed by atoms with van der Waals surface area (Å²) in [6.07, 6.45) is 0.439. The number of nitrogens with zero attached hydrogens (tertiary/aromatic N) is 1. The highest BCUT2D eigenvalue weighted by atomic mass is 19.1. The molecule has 20 heavy (non-hydrogen) atoms. The molecule has 0 saturated heterocycles. The topological polar surface area (TPSA) is 53.5 Å². The van der Waals surface area contributed by atoms with Crippen LogP contribution in [-0.4, -0.2) is 22.9 Å². The van der Waals surface area contributed by atoms with Gasteiger partial charge in [0.15, 0.2) is 5.96 Å². The van der Waals surface area contributed by atoms with Gasteiger partial charge in [0.05, 0.1) is 0 Å². The van der Waals surface area contributed by atoms with Crippen LogP contribution in [0.5, 0.6) is 0 Å². The van der Waals surface area contributed by atoms with E-state index in [2.05, 4.69) is 15.6 Å². The number of rotatable bonds is 2. The Bertz CT molecular complexity index is 545. The maximum Gasteiger partial charge on any atom is 0.254 e. The number of carbonyl (C=O) groups is 1. The minimum atomic E-state index is -0.856. The Morgan fingerprint density at radius 3 is 2.45 bits per heavy atom. The lowest BCUT2D eigenvalue weighted by molar-refractivity contribution is -0.123. The van der Waals surface area contributed by atoms with Gasteiger partial charge in [0, 0.05) is 12.0 Å². The van der Waals surface area contributed by atoms with E-state index < -0.39 is 5.54 Å². The normalized spacial score (nSPS) is 22.4. The molecule has 108 valence electrons. The third kappa shape index (κ3) is 3.35. The predicted molar refractivity (Wildman–Crippen MR) is 77.0 cm³/mol. The van der Waals surface area contributed by atoms with Gasteiger partial charge in [-0.05, 0) is 45.4 Å². The second-order valence-electron chi connectivity index (χ2n) is 6.37. The van der Waals surface area contributed by atoms with Gasteiger partial charge in [-0.15, -0.1) is 0 Å². The van der Waals surface area contributed by atoms with Crippen molar-refractivity contribution >= 4 is 11.9 Å². The molecule has 1 aromatic carbocycles. The van der Waals surface area contributed by atoms with Crippen molar-refractivity contribution in [1.29, 1.82) is 0 Å². The highest BCUT2D eigenvalue weighted by Crippen LogP contribution is 2.22. The van der Waals surface area contributed by atoms with Crippen molar-refractivity contribution in [2.45, 2.75) is 45.2 Å². The summed E-state index contributed by atoms with van der Waals surface area (Å²) in [5.41, 5.74) is -0.150. The molecule has 0 spiro atoms. The van der Waals surface area contributed by atoms with E-state index >= 15 is 0 Å². The molecule has 4 nitrogen and oxygen atoms in total. The molecule has 0 aliphatic carbocycles. The van der Waals surface area contributed by atoms with E-state index in [-0.39, 0.29) is 17.3 Å². The Kier molecular flexibility index (Phi) is 3.54. The van der Waals surface area contributed by atoms with Gasteiger partial charge in [-0.2, -0.15) is 0 Å². The first-order valence-electron chi connectivity index (χ1n) is 6.62. The lowest BCUT2D eigenvalue weighted by Gasteiger charge is -2.21. The zero-order valence-corrected chi connectivity index (χ0v) is 12.2. The minimum Gasteiger partial charge on any atom is -0.351 e. The standard InChI is InChI=1S/C15H20FN3O/c1-14(2,3)18-13-17-12(20)15(4,19-13)9-10-5-7-11(16)8-6-10/h5-8H,9H2,1-4H3,(H2,17,18,19,20). The van der Waals surface area contributed by atoms with Crippen molar-refractivity contribution in [3.05, 3.63) is 35.6 Å². The largest absolute Gasteiger partial charge is 0.351 e. The number of hydrogen-bond donors (Lipinski definition) is 2. The van der Waals surface area contributed by atoms with Crippen LogP contribution in [0.2, 0.25) is 0 Å². The van der Waals surface area contributed by atoms with Crippen LogP contribution in [0.15, 0.2) is 29.3 Å². The smallest absolute Gasteiger partial charge is 0.254 e. The fourth-order valence-electron chi connectivity index (χ4n) is 2.10. The Morgan fingerprint density at radius 1 is 1.30 bits per heavy atom. The van der Waals surface area contributed by atoms with Crippen molar-refractivity contribution < 1.29 is 9.18 Å². The van der Waals surface area contributed by atoms with E-state index in [0.717, 1.165) is 5.56 Å². The zero-order chi connectivity index (χ0) is 15.0. The van der Waals surface area contributed by atoms with Crippen molar-refractivity contribution in [3.63, 3.8) is 0 Å². The van der Waals surface area contributed by atoms with E-state index in [9.17, 15) is 9.18 Å². The van der Waals surface area contributed by atoms with E-state index in [1.54, 1.807) is 19.1 Å². The first kappa shape index (κ1) is 14.5.